The highest BCUT2D eigenvalue weighted by atomic mass is 32.2. The molecular formula is C21H25N3OS. The fourth-order valence-corrected chi connectivity index (χ4v) is 3.58. The van der Waals surface area contributed by atoms with Gasteiger partial charge in [0.25, 0.3) is 0 Å². The zero-order valence-electron chi connectivity index (χ0n) is 15.3. The Bertz CT molecular complexity index is 860. The van der Waals surface area contributed by atoms with Gasteiger partial charge in [-0.3, -0.25) is 4.79 Å². The van der Waals surface area contributed by atoms with Crippen molar-refractivity contribution in [3.05, 3.63) is 66.0 Å². The average Bonchev–Trinajstić information content (AvgIpc) is 2.98. The van der Waals surface area contributed by atoms with E-state index >= 15 is 0 Å². The van der Waals surface area contributed by atoms with Crippen molar-refractivity contribution in [2.24, 2.45) is 0 Å². The molecule has 1 N–H and O–H groups in total. The Kier molecular flexibility index (Phi) is 6.34. The highest BCUT2D eigenvalue weighted by Gasteiger charge is 2.14. The minimum atomic E-state index is 0.0380. The van der Waals surface area contributed by atoms with E-state index in [9.17, 15) is 4.79 Å². The van der Waals surface area contributed by atoms with E-state index in [0.717, 1.165) is 35.5 Å². The average molecular weight is 368 g/mol. The highest BCUT2D eigenvalue weighted by Crippen LogP contribution is 2.19. The van der Waals surface area contributed by atoms with E-state index in [1.807, 2.05) is 34.9 Å². The van der Waals surface area contributed by atoms with E-state index in [1.165, 1.54) is 5.56 Å². The lowest BCUT2D eigenvalue weighted by atomic mass is 10.1. The van der Waals surface area contributed by atoms with Gasteiger partial charge in [0.15, 0.2) is 0 Å². The quantitative estimate of drug-likeness (QED) is 0.654. The summed E-state index contributed by atoms with van der Waals surface area (Å²) in [5, 5.41) is 3.13. The molecule has 3 rings (SSSR count). The third kappa shape index (κ3) is 4.67. The van der Waals surface area contributed by atoms with Crippen molar-refractivity contribution in [2.75, 3.05) is 6.26 Å². The van der Waals surface area contributed by atoms with Gasteiger partial charge in [0.05, 0.1) is 16.8 Å². The summed E-state index contributed by atoms with van der Waals surface area (Å²) in [5.41, 5.74) is 3.27. The second kappa shape index (κ2) is 8.90. The molecular weight excluding hydrogens is 342 g/mol. The molecule has 1 aromatic heterocycles. The van der Waals surface area contributed by atoms with E-state index in [0.29, 0.717) is 6.54 Å². The van der Waals surface area contributed by atoms with Crippen molar-refractivity contribution in [1.29, 1.82) is 0 Å². The number of hydrogen-bond donors (Lipinski definition) is 1. The number of nitrogens with one attached hydrogen (secondary N) is 1. The van der Waals surface area contributed by atoms with Crippen LogP contribution >= 0.6 is 11.8 Å². The topological polar surface area (TPSA) is 46.9 Å². The number of hydrogen-bond acceptors (Lipinski definition) is 3. The summed E-state index contributed by atoms with van der Waals surface area (Å²) in [6.45, 7) is 2.38. The fraction of sp³-hybridized carbons (Fsp3) is 0.333. The number of para-hydroxylation sites is 2. The van der Waals surface area contributed by atoms with Crippen LogP contribution in [0.3, 0.4) is 0 Å². The second-order valence-corrected chi connectivity index (χ2v) is 7.39. The Balaban J connectivity index is 1.62. The number of aromatic nitrogens is 2. The third-order valence-corrected chi connectivity index (χ3v) is 4.97. The van der Waals surface area contributed by atoms with Gasteiger partial charge >= 0.3 is 0 Å². The maximum Gasteiger partial charge on any atom is 0.240 e. The van der Waals surface area contributed by atoms with Gasteiger partial charge in [-0.2, -0.15) is 11.8 Å². The van der Waals surface area contributed by atoms with Crippen LogP contribution in [0.5, 0.6) is 0 Å². The Labute approximate surface area is 159 Å². The minimum Gasteiger partial charge on any atom is -0.352 e. The maximum absolute atomic E-state index is 12.6. The Morgan fingerprint density at radius 3 is 2.65 bits per heavy atom. The molecule has 0 unspecified atom stereocenters. The molecule has 0 spiro atoms. The first kappa shape index (κ1) is 18.5. The summed E-state index contributed by atoms with van der Waals surface area (Å²) in [6, 6.07) is 18.5. The Hall–Kier alpha value is -2.27. The largest absolute Gasteiger partial charge is 0.352 e. The van der Waals surface area contributed by atoms with Crippen LogP contribution in [0.1, 0.15) is 24.7 Å². The first-order valence-corrected chi connectivity index (χ1v) is 10.3. The Morgan fingerprint density at radius 2 is 1.88 bits per heavy atom. The van der Waals surface area contributed by atoms with Gasteiger partial charge in [0.1, 0.15) is 12.4 Å². The van der Waals surface area contributed by atoms with E-state index < -0.39 is 0 Å². The number of rotatable bonds is 8. The number of thioether (sulfide) groups is 1. The molecule has 1 heterocycles. The summed E-state index contributed by atoms with van der Waals surface area (Å²) in [4.78, 5) is 17.2. The van der Waals surface area contributed by atoms with Gasteiger partial charge in [-0.25, -0.2) is 4.98 Å². The van der Waals surface area contributed by atoms with Gasteiger partial charge in [-0.1, -0.05) is 42.5 Å². The number of fused-ring (bicyclic) bond motifs is 1. The van der Waals surface area contributed by atoms with Crippen LogP contribution in [-0.2, 0) is 23.5 Å². The molecule has 1 atom stereocenters. The molecule has 0 fully saturated rings. The molecule has 0 saturated heterocycles. The van der Waals surface area contributed by atoms with Gasteiger partial charge in [-0.15, -0.1) is 0 Å². The Morgan fingerprint density at radius 1 is 1.15 bits per heavy atom. The minimum absolute atomic E-state index is 0.0380. The molecule has 0 aliphatic rings. The molecule has 2 aromatic carbocycles. The predicted octanol–water partition coefficient (Wildman–Crippen LogP) is 4.04. The van der Waals surface area contributed by atoms with Crippen molar-refractivity contribution in [1.82, 2.24) is 14.9 Å². The first-order chi connectivity index (χ1) is 12.7. The van der Waals surface area contributed by atoms with Crippen LogP contribution in [0, 0.1) is 0 Å². The predicted molar refractivity (Wildman–Crippen MR) is 109 cm³/mol. The molecule has 1 amide bonds. The number of aryl methyl sites for hydroxylation is 1. The number of nitrogens with zero attached hydrogens (tertiary/aromatic N) is 2. The SMILES string of the molecule is CSCc1nc2ccccc2n1CC(=O)N[C@@H](C)CCc1ccccc1. The lowest BCUT2D eigenvalue weighted by Gasteiger charge is -2.15. The summed E-state index contributed by atoms with van der Waals surface area (Å²) < 4.78 is 2.03. The lowest BCUT2D eigenvalue weighted by Crippen LogP contribution is -2.35. The van der Waals surface area contributed by atoms with Crippen LogP contribution in [0.15, 0.2) is 54.6 Å². The van der Waals surface area contributed by atoms with Crippen molar-refractivity contribution < 1.29 is 4.79 Å². The number of amides is 1. The second-order valence-electron chi connectivity index (χ2n) is 6.53. The zero-order chi connectivity index (χ0) is 18.4. The number of carbonyl (C=O) groups excluding carboxylic acids is 1. The molecule has 26 heavy (non-hydrogen) atoms. The molecule has 0 radical (unpaired) electrons. The number of carbonyl (C=O) groups is 1. The van der Waals surface area contributed by atoms with Crippen molar-refractivity contribution in [3.8, 4) is 0 Å². The zero-order valence-corrected chi connectivity index (χ0v) is 16.1. The smallest absolute Gasteiger partial charge is 0.240 e. The van der Waals surface area contributed by atoms with Crippen LogP contribution in [-0.4, -0.2) is 27.8 Å². The van der Waals surface area contributed by atoms with Gasteiger partial charge in [0.2, 0.25) is 5.91 Å². The van der Waals surface area contributed by atoms with E-state index in [2.05, 4.69) is 47.7 Å². The first-order valence-electron chi connectivity index (χ1n) is 8.93. The summed E-state index contributed by atoms with van der Waals surface area (Å²) in [5.74, 6) is 1.78. The molecule has 0 bridgehead atoms. The summed E-state index contributed by atoms with van der Waals surface area (Å²) >= 11 is 1.72. The molecule has 4 nitrogen and oxygen atoms in total. The molecule has 0 saturated carbocycles. The standard InChI is InChI=1S/C21H25N3OS/c1-16(12-13-17-8-4-3-5-9-17)22-21(25)14-24-19-11-7-6-10-18(19)23-20(24)15-26-2/h3-11,16H,12-15H2,1-2H3,(H,22,25)/t16-/m0/s1. The highest BCUT2D eigenvalue weighted by molar-refractivity contribution is 7.97. The summed E-state index contributed by atoms with van der Waals surface area (Å²) in [7, 11) is 0. The van der Waals surface area contributed by atoms with Crippen molar-refractivity contribution in [2.45, 2.75) is 38.1 Å². The summed E-state index contributed by atoms with van der Waals surface area (Å²) in [6.07, 6.45) is 3.95. The van der Waals surface area contributed by atoms with Crippen molar-refractivity contribution in [3.63, 3.8) is 0 Å². The number of imidazole rings is 1. The maximum atomic E-state index is 12.6. The lowest BCUT2D eigenvalue weighted by molar-refractivity contribution is -0.122. The van der Waals surface area contributed by atoms with E-state index in [4.69, 9.17) is 0 Å². The van der Waals surface area contributed by atoms with Gasteiger partial charge in [0, 0.05) is 6.04 Å². The van der Waals surface area contributed by atoms with Crippen LogP contribution < -0.4 is 5.32 Å². The van der Waals surface area contributed by atoms with Crippen LogP contribution in [0.4, 0.5) is 0 Å². The molecule has 5 heteroatoms. The molecule has 0 aliphatic carbocycles. The number of benzene rings is 2. The van der Waals surface area contributed by atoms with Crippen LogP contribution in [0.25, 0.3) is 11.0 Å². The molecule has 0 aliphatic heterocycles. The van der Waals surface area contributed by atoms with Gasteiger partial charge < -0.3 is 9.88 Å². The fourth-order valence-electron chi connectivity index (χ4n) is 3.11. The van der Waals surface area contributed by atoms with Crippen LogP contribution in [0.2, 0.25) is 0 Å². The molecule has 136 valence electrons. The third-order valence-electron chi connectivity index (χ3n) is 4.43. The van der Waals surface area contributed by atoms with E-state index in [-0.39, 0.29) is 11.9 Å². The normalized spacial score (nSPS) is 12.2. The van der Waals surface area contributed by atoms with Gasteiger partial charge in [-0.05, 0) is 43.7 Å². The monoisotopic (exact) mass is 367 g/mol. The van der Waals surface area contributed by atoms with E-state index in [1.54, 1.807) is 11.8 Å². The van der Waals surface area contributed by atoms with Crippen molar-refractivity contribution >= 4 is 28.7 Å². The molecule has 3 aromatic rings.